The molecule has 2 aliphatic heterocycles. The third kappa shape index (κ3) is 2.31. The van der Waals surface area contributed by atoms with Crippen LogP contribution in [0.15, 0.2) is 24.3 Å². The van der Waals surface area contributed by atoms with E-state index < -0.39 is 0 Å². The second-order valence-electron chi connectivity index (χ2n) is 7.93. The van der Waals surface area contributed by atoms with Gasteiger partial charge in [0.25, 0.3) is 0 Å². The van der Waals surface area contributed by atoms with Gasteiger partial charge in [0.15, 0.2) is 0 Å². The highest BCUT2D eigenvalue weighted by Crippen LogP contribution is 2.58. The Labute approximate surface area is 153 Å². The fraction of sp³-hybridized carbons (Fsp3) is 0.600. The molecule has 0 radical (unpaired) electrons. The Kier molecular flexibility index (Phi) is 3.62. The molecule has 6 nitrogen and oxygen atoms in total. The van der Waals surface area contributed by atoms with Crippen molar-refractivity contribution in [3.8, 4) is 5.75 Å². The van der Waals surface area contributed by atoms with E-state index in [1.165, 1.54) is 0 Å². The SMILES string of the molecule is COc1ccc(N2CCN(C(=O)C3C4CC5OC(=O)C3C5C4)CC2)cc1. The summed E-state index contributed by atoms with van der Waals surface area (Å²) in [6.07, 6.45) is 1.96. The average molecular weight is 356 g/mol. The fourth-order valence-electron chi connectivity index (χ4n) is 5.53. The normalized spacial score (nSPS) is 35.0. The molecule has 0 spiro atoms. The van der Waals surface area contributed by atoms with Crippen molar-refractivity contribution in [1.82, 2.24) is 4.90 Å². The summed E-state index contributed by atoms with van der Waals surface area (Å²) in [5.41, 5.74) is 1.15. The molecule has 2 aliphatic carbocycles. The molecule has 4 aliphatic rings. The molecular formula is C20H24N2O4. The molecule has 2 saturated carbocycles. The van der Waals surface area contributed by atoms with E-state index in [9.17, 15) is 9.59 Å². The first-order valence-corrected chi connectivity index (χ1v) is 9.54. The van der Waals surface area contributed by atoms with Crippen molar-refractivity contribution < 1.29 is 19.1 Å². The number of ether oxygens (including phenoxy) is 2. The van der Waals surface area contributed by atoms with Gasteiger partial charge in [0, 0.05) is 37.8 Å². The molecule has 1 aromatic rings. The molecule has 0 N–H and O–H groups in total. The lowest BCUT2D eigenvalue weighted by atomic mass is 9.79. The van der Waals surface area contributed by atoms with Gasteiger partial charge in [-0.25, -0.2) is 0 Å². The lowest BCUT2D eigenvalue weighted by molar-refractivity contribution is -0.148. The average Bonchev–Trinajstić information content (AvgIpc) is 3.30. The standard InChI is InChI=1S/C20H24N2O4/c1-25-14-4-2-13(3-5-14)21-6-8-22(9-7-21)19(23)17-12-10-15-16(11-12)26-20(24)18(15)17/h2-5,12,15-18H,6-11H2,1H3. The topological polar surface area (TPSA) is 59.1 Å². The van der Waals surface area contributed by atoms with E-state index >= 15 is 0 Å². The Morgan fingerprint density at radius 1 is 1.12 bits per heavy atom. The lowest BCUT2D eigenvalue weighted by Crippen LogP contribution is -2.52. The van der Waals surface area contributed by atoms with Gasteiger partial charge in [-0.2, -0.15) is 0 Å². The lowest BCUT2D eigenvalue weighted by Gasteiger charge is -2.38. The Morgan fingerprint density at radius 3 is 2.54 bits per heavy atom. The van der Waals surface area contributed by atoms with Crippen LogP contribution in [-0.2, 0) is 14.3 Å². The number of esters is 1. The Balaban J connectivity index is 1.24. The van der Waals surface area contributed by atoms with E-state index in [0.717, 1.165) is 37.4 Å². The number of piperazine rings is 1. The first-order valence-electron chi connectivity index (χ1n) is 9.54. The second-order valence-corrected chi connectivity index (χ2v) is 7.93. The molecule has 6 heteroatoms. The van der Waals surface area contributed by atoms with Crippen LogP contribution < -0.4 is 9.64 Å². The van der Waals surface area contributed by atoms with Crippen LogP contribution >= 0.6 is 0 Å². The predicted molar refractivity (Wildman–Crippen MR) is 94.9 cm³/mol. The zero-order valence-electron chi connectivity index (χ0n) is 15.0. The van der Waals surface area contributed by atoms with Gasteiger partial charge in [0.1, 0.15) is 11.9 Å². The molecule has 2 bridgehead atoms. The molecular weight excluding hydrogens is 332 g/mol. The minimum absolute atomic E-state index is 0.0912. The van der Waals surface area contributed by atoms with E-state index in [2.05, 4.69) is 17.0 Å². The molecule has 1 aromatic carbocycles. The number of anilines is 1. The number of benzene rings is 1. The smallest absolute Gasteiger partial charge is 0.310 e. The van der Waals surface area contributed by atoms with Crippen LogP contribution in [-0.4, -0.2) is 56.2 Å². The molecule has 2 saturated heterocycles. The molecule has 26 heavy (non-hydrogen) atoms. The fourth-order valence-corrected chi connectivity index (χ4v) is 5.53. The number of amides is 1. The second kappa shape index (κ2) is 5.89. The van der Waals surface area contributed by atoms with E-state index in [-0.39, 0.29) is 29.8 Å². The minimum atomic E-state index is -0.175. The van der Waals surface area contributed by atoms with E-state index in [1.807, 2.05) is 17.0 Å². The van der Waals surface area contributed by atoms with Gasteiger partial charge in [-0.05, 0) is 43.0 Å². The molecule has 4 fully saturated rings. The van der Waals surface area contributed by atoms with Gasteiger partial charge in [-0.1, -0.05) is 0 Å². The first-order chi connectivity index (χ1) is 12.7. The van der Waals surface area contributed by atoms with Gasteiger partial charge < -0.3 is 19.3 Å². The number of fused-ring (bicyclic) bond motifs is 1. The molecule has 5 rings (SSSR count). The van der Waals surface area contributed by atoms with E-state index in [1.54, 1.807) is 7.11 Å². The number of carbonyl (C=O) groups excluding carboxylic acids is 2. The van der Waals surface area contributed by atoms with Crippen molar-refractivity contribution in [3.63, 3.8) is 0 Å². The number of hydrogen-bond donors (Lipinski definition) is 0. The van der Waals surface area contributed by atoms with Crippen LogP contribution in [0.2, 0.25) is 0 Å². The number of hydrogen-bond acceptors (Lipinski definition) is 5. The van der Waals surface area contributed by atoms with Crippen molar-refractivity contribution >= 4 is 17.6 Å². The Bertz CT molecular complexity index is 724. The maximum atomic E-state index is 13.1. The first kappa shape index (κ1) is 16.0. The quantitative estimate of drug-likeness (QED) is 0.769. The summed E-state index contributed by atoms with van der Waals surface area (Å²) < 4.78 is 10.7. The van der Waals surface area contributed by atoms with Crippen LogP contribution in [0.5, 0.6) is 5.75 Å². The summed E-state index contributed by atoms with van der Waals surface area (Å²) in [5, 5.41) is 0. The summed E-state index contributed by atoms with van der Waals surface area (Å²) >= 11 is 0. The van der Waals surface area contributed by atoms with Gasteiger partial charge in [-0.3, -0.25) is 9.59 Å². The van der Waals surface area contributed by atoms with Crippen LogP contribution in [0.3, 0.4) is 0 Å². The highest BCUT2D eigenvalue weighted by atomic mass is 16.6. The van der Waals surface area contributed by atoms with Crippen LogP contribution in [0.4, 0.5) is 5.69 Å². The monoisotopic (exact) mass is 356 g/mol. The van der Waals surface area contributed by atoms with Crippen molar-refractivity contribution in [2.75, 3.05) is 38.2 Å². The Hall–Kier alpha value is -2.24. The third-order valence-corrected chi connectivity index (χ3v) is 6.80. The molecule has 0 aromatic heterocycles. The molecule has 5 atom stereocenters. The highest BCUT2D eigenvalue weighted by Gasteiger charge is 2.64. The van der Waals surface area contributed by atoms with Crippen molar-refractivity contribution in [2.24, 2.45) is 23.7 Å². The van der Waals surface area contributed by atoms with Gasteiger partial charge in [-0.15, -0.1) is 0 Å². The highest BCUT2D eigenvalue weighted by molar-refractivity contribution is 5.88. The third-order valence-electron chi connectivity index (χ3n) is 6.80. The van der Waals surface area contributed by atoms with Crippen LogP contribution in [0.25, 0.3) is 0 Å². The van der Waals surface area contributed by atoms with Gasteiger partial charge in [0.2, 0.25) is 5.91 Å². The molecule has 1 amide bonds. The van der Waals surface area contributed by atoms with E-state index in [0.29, 0.717) is 24.9 Å². The Morgan fingerprint density at radius 2 is 1.85 bits per heavy atom. The van der Waals surface area contributed by atoms with Crippen LogP contribution in [0, 0.1) is 23.7 Å². The predicted octanol–water partition coefficient (Wildman–Crippen LogP) is 1.54. The number of carbonyl (C=O) groups is 2. The molecule has 138 valence electrons. The van der Waals surface area contributed by atoms with Crippen LogP contribution in [0.1, 0.15) is 12.8 Å². The zero-order valence-corrected chi connectivity index (χ0v) is 15.0. The zero-order chi connectivity index (χ0) is 17.8. The maximum Gasteiger partial charge on any atom is 0.310 e. The molecule has 2 heterocycles. The largest absolute Gasteiger partial charge is 0.497 e. The number of methoxy groups -OCH3 is 1. The number of nitrogens with zero attached hydrogens (tertiary/aromatic N) is 2. The summed E-state index contributed by atoms with van der Waals surface area (Å²) in [6.45, 7) is 3.06. The van der Waals surface area contributed by atoms with E-state index in [4.69, 9.17) is 9.47 Å². The van der Waals surface area contributed by atoms with Crippen molar-refractivity contribution in [3.05, 3.63) is 24.3 Å². The number of rotatable bonds is 3. The maximum absolute atomic E-state index is 13.1. The van der Waals surface area contributed by atoms with Gasteiger partial charge >= 0.3 is 5.97 Å². The minimum Gasteiger partial charge on any atom is -0.497 e. The summed E-state index contributed by atoms with van der Waals surface area (Å²) in [4.78, 5) is 29.6. The van der Waals surface area contributed by atoms with Crippen molar-refractivity contribution in [1.29, 1.82) is 0 Å². The molecule has 5 unspecified atom stereocenters. The summed E-state index contributed by atoms with van der Waals surface area (Å²) in [6, 6.07) is 8.04. The summed E-state index contributed by atoms with van der Waals surface area (Å²) in [5.74, 6) is 1.21. The van der Waals surface area contributed by atoms with Gasteiger partial charge in [0.05, 0.1) is 18.9 Å². The van der Waals surface area contributed by atoms with Crippen molar-refractivity contribution in [2.45, 2.75) is 18.9 Å². The summed E-state index contributed by atoms with van der Waals surface area (Å²) in [7, 11) is 1.66.